The van der Waals surface area contributed by atoms with Gasteiger partial charge in [-0.15, -0.1) is 0 Å². The average Bonchev–Trinajstić information content (AvgIpc) is 2.04. The van der Waals surface area contributed by atoms with Crippen molar-refractivity contribution in [3.63, 3.8) is 0 Å². The molecule has 1 fully saturated rings. The fourth-order valence-corrected chi connectivity index (χ4v) is 1.61. The van der Waals surface area contributed by atoms with Crippen molar-refractivity contribution in [3.05, 3.63) is 0 Å². The molecule has 2 unspecified atom stereocenters. The van der Waals surface area contributed by atoms with Crippen LogP contribution in [0.4, 0.5) is 4.79 Å². The van der Waals surface area contributed by atoms with Crippen molar-refractivity contribution in [2.45, 2.75) is 13.3 Å². The number of hydrogen-bond acceptors (Lipinski definition) is 2. The van der Waals surface area contributed by atoms with Gasteiger partial charge in [0.1, 0.15) is 0 Å². The predicted molar refractivity (Wildman–Crippen MR) is 46.1 cm³/mol. The maximum atomic E-state index is 10.9. The third-order valence-electron chi connectivity index (χ3n) is 2.59. The highest BCUT2D eigenvalue weighted by Gasteiger charge is 2.31. The Morgan fingerprint density at radius 2 is 2.15 bits per heavy atom. The van der Waals surface area contributed by atoms with Crippen LogP contribution < -0.4 is 5.73 Å². The highest BCUT2D eigenvalue weighted by molar-refractivity contribution is 5.78. The molecule has 0 radical (unpaired) electrons. The van der Waals surface area contributed by atoms with Crippen LogP contribution in [0.1, 0.15) is 13.3 Å². The number of nitrogens with zero attached hydrogens (tertiary/aromatic N) is 1. The van der Waals surface area contributed by atoms with Gasteiger partial charge in [0.25, 0.3) is 0 Å². The largest absolute Gasteiger partial charge is 0.465 e. The average molecular weight is 186 g/mol. The van der Waals surface area contributed by atoms with E-state index in [2.05, 4.69) is 0 Å². The Labute approximate surface area is 76.5 Å². The van der Waals surface area contributed by atoms with Gasteiger partial charge in [0.15, 0.2) is 0 Å². The molecule has 1 heterocycles. The normalized spacial score (nSPS) is 28.5. The molecule has 2 amide bonds. The molecule has 1 rings (SSSR count). The van der Waals surface area contributed by atoms with Gasteiger partial charge >= 0.3 is 6.09 Å². The van der Waals surface area contributed by atoms with Crippen LogP contribution in [0.15, 0.2) is 0 Å². The molecule has 13 heavy (non-hydrogen) atoms. The number of likely N-dealkylation sites (tertiary alicyclic amines) is 1. The van der Waals surface area contributed by atoms with E-state index >= 15 is 0 Å². The molecule has 0 aliphatic carbocycles. The second-order valence-electron chi connectivity index (χ2n) is 3.50. The van der Waals surface area contributed by atoms with E-state index in [1.54, 1.807) is 0 Å². The molecular weight excluding hydrogens is 172 g/mol. The van der Waals surface area contributed by atoms with Crippen LogP contribution in [0, 0.1) is 11.8 Å². The molecule has 1 aliphatic heterocycles. The monoisotopic (exact) mass is 186 g/mol. The zero-order valence-electron chi connectivity index (χ0n) is 7.56. The first kappa shape index (κ1) is 9.83. The van der Waals surface area contributed by atoms with Crippen molar-refractivity contribution >= 4 is 12.0 Å². The van der Waals surface area contributed by atoms with Crippen LogP contribution in [0.2, 0.25) is 0 Å². The number of amides is 2. The zero-order valence-corrected chi connectivity index (χ0v) is 7.56. The number of carbonyl (C=O) groups is 2. The second kappa shape index (κ2) is 3.64. The summed E-state index contributed by atoms with van der Waals surface area (Å²) in [6.07, 6.45) is -0.266. The van der Waals surface area contributed by atoms with E-state index in [-0.39, 0.29) is 18.4 Å². The summed E-state index contributed by atoms with van der Waals surface area (Å²) in [5.74, 6) is -0.545. The van der Waals surface area contributed by atoms with Crippen molar-refractivity contribution in [2.24, 2.45) is 17.6 Å². The summed E-state index contributed by atoms with van der Waals surface area (Å²) in [5, 5.41) is 8.70. The number of hydrogen-bond donors (Lipinski definition) is 2. The molecular formula is C8H14N2O3. The molecule has 1 aliphatic rings. The van der Waals surface area contributed by atoms with E-state index in [0.717, 1.165) is 0 Å². The molecule has 0 saturated carbocycles. The summed E-state index contributed by atoms with van der Waals surface area (Å²) in [5.41, 5.74) is 5.16. The molecule has 0 aromatic heterocycles. The lowest BCUT2D eigenvalue weighted by atomic mass is 9.87. The van der Waals surface area contributed by atoms with Gasteiger partial charge in [-0.3, -0.25) is 4.79 Å². The Morgan fingerprint density at radius 3 is 2.62 bits per heavy atom. The van der Waals surface area contributed by atoms with E-state index in [9.17, 15) is 9.59 Å². The lowest BCUT2D eigenvalue weighted by Gasteiger charge is -2.33. The minimum absolute atomic E-state index is 0.188. The number of rotatable bonds is 1. The molecule has 5 nitrogen and oxygen atoms in total. The van der Waals surface area contributed by atoms with Gasteiger partial charge in [-0.05, 0) is 12.3 Å². The van der Waals surface area contributed by atoms with Gasteiger partial charge in [0.05, 0.1) is 5.92 Å². The van der Waals surface area contributed by atoms with Crippen LogP contribution >= 0.6 is 0 Å². The topological polar surface area (TPSA) is 83.6 Å². The number of carbonyl (C=O) groups excluding carboxylic acids is 1. The first-order valence-corrected chi connectivity index (χ1v) is 4.29. The SMILES string of the molecule is CC1CCN(C(=O)O)CC1C(N)=O. The fraction of sp³-hybridized carbons (Fsp3) is 0.750. The van der Waals surface area contributed by atoms with E-state index in [1.807, 2.05) is 6.92 Å². The lowest BCUT2D eigenvalue weighted by molar-refractivity contribution is -0.124. The number of nitrogens with two attached hydrogens (primary N) is 1. The molecule has 0 bridgehead atoms. The quantitative estimate of drug-likeness (QED) is 0.609. The third-order valence-corrected chi connectivity index (χ3v) is 2.59. The van der Waals surface area contributed by atoms with Crippen molar-refractivity contribution < 1.29 is 14.7 Å². The predicted octanol–water partition coefficient (Wildman–Crippen LogP) is 0.108. The number of piperidine rings is 1. The van der Waals surface area contributed by atoms with Crippen LogP contribution in [-0.2, 0) is 4.79 Å². The van der Waals surface area contributed by atoms with Gasteiger partial charge in [0, 0.05) is 13.1 Å². The summed E-state index contributed by atoms with van der Waals surface area (Å²) in [4.78, 5) is 22.8. The summed E-state index contributed by atoms with van der Waals surface area (Å²) in [7, 11) is 0. The minimum Gasteiger partial charge on any atom is -0.465 e. The van der Waals surface area contributed by atoms with Gasteiger partial charge in [-0.1, -0.05) is 6.92 Å². The Hall–Kier alpha value is -1.26. The van der Waals surface area contributed by atoms with Gasteiger partial charge < -0.3 is 15.7 Å². The van der Waals surface area contributed by atoms with Crippen molar-refractivity contribution in [1.82, 2.24) is 4.90 Å². The van der Waals surface area contributed by atoms with Crippen LogP contribution in [0.25, 0.3) is 0 Å². The first-order chi connectivity index (χ1) is 6.02. The Kier molecular flexibility index (Phi) is 2.75. The molecule has 0 aromatic carbocycles. The molecule has 74 valence electrons. The lowest BCUT2D eigenvalue weighted by Crippen LogP contribution is -2.47. The summed E-state index contributed by atoms with van der Waals surface area (Å²) < 4.78 is 0. The third kappa shape index (κ3) is 2.11. The second-order valence-corrected chi connectivity index (χ2v) is 3.50. The summed E-state index contributed by atoms with van der Waals surface area (Å²) in [6, 6.07) is 0. The van der Waals surface area contributed by atoms with Gasteiger partial charge in [-0.2, -0.15) is 0 Å². The van der Waals surface area contributed by atoms with Crippen molar-refractivity contribution in [2.75, 3.05) is 13.1 Å². The summed E-state index contributed by atoms with van der Waals surface area (Å²) in [6.45, 7) is 2.67. The van der Waals surface area contributed by atoms with E-state index in [0.29, 0.717) is 13.0 Å². The smallest absolute Gasteiger partial charge is 0.407 e. The Balaban J connectivity index is 2.63. The highest BCUT2D eigenvalue weighted by atomic mass is 16.4. The maximum Gasteiger partial charge on any atom is 0.407 e. The fourth-order valence-electron chi connectivity index (χ4n) is 1.61. The Bertz CT molecular complexity index is 229. The highest BCUT2D eigenvalue weighted by Crippen LogP contribution is 2.22. The number of primary amides is 1. The van der Waals surface area contributed by atoms with Gasteiger partial charge in [0.2, 0.25) is 5.91 Å². The first-order valence-electron chi connectivity index (χ1n) is 4.29. The van der Waals surface area contributed by atoms with Gasteiger partial charge in [-0.25, -0.2) is 4.79 Å². The molecule has 2 atom stereocenters. The zero-order chi connectivity index (χ0) is 10.0. The molecule has 1 saturated heterocycles. The standard InChI is InChI=1S/C8H14N2O3/c1-5-2-3-10(8(12)13)4-6(5)7(9)11/h5-6H,2-4H2,1H3,(H2,9,11)(H,12,13). The van der Waals surface area contributed by atoms with Crippen molar-refractivity contribution in [1.29, 1.82) is 0 Å². The van der Waals surface area contributed by atoms with Crippen LogP contribution in [0.3, 0.4) is 0 Å². The van der Waals surface area contributed by atoms with E-state index in [4.69, 9.17) is 10.8 Å². The summed E-state index contributed by atoms with van der Waals surface area (Å²) >= 11 is 0. The van der Waals surface area contributed by atoms with E-state index in [1.165, 1.54) is 4.90 Å². The molecule has 0 spiro atoms. The van der Waals surface area contributed by atoms with Crippen molar-refractivity contribution in [3.8, 4) is 0 Å². The minimum atomic E-state index is -0.974. The van der Waals surface area contributed by atoms with Crippen LogP contribution in [0.5, 0.6) is 0 Å². The molecule has 5 heteroatoms. The van der Waals surface area contributed by atoms with E-state index < -0.39 is 12.0 Å². The Morgan fingerprint density at radius 1 is 1.54 bits per heavy atom. The molecule has 0 aromatic rings. The van der Waals surface area contributed by atoms with Crippen LogP contribution in [-0.4, -0.2) is 35.1 Å². The maximum absolute atomic E-state index is 10.9. The molecule has 3 N–H and O–H groups in total. The number of carboxylic acid groups (broad SMARTS) is 1.